The first-order valence-electron chi connectivity index (χ1n) is 8.53. The summed E-state index contributed by atoms with van der Waals surface area (Å²) in [7, 11) is 3.49. The van der Waals surface area contributed by atoms with Crippen LogP contribution in [0.15, 0.2) is 30.5 Å². The van der Waals surface area contributed by atoms with E-state index in [4.69, 9.17) is 10.5 Å². The first-order valence-corrected chi connectivity index (χ1v) is 8.53. The molecule has 0 saturated heterocycles. The lowest BCUT2D eigenvalue weighted by atomic mass is 9.88. The van der Waals surface area contributed by atoms with Crippen LogP contribution in [-0.4, -0.2) is 29.9 Å². The zero-order chi connectivity index (χ0) is 18.6. The molecule has 2 heterocycles. The largest absolute Gasteiger partial charge is 0.496 e. The van der Waals surface area contributed by atoms with Crippen molar-refractivity contribution in [3.8, 4) is 16.9 Å². The number of carbonyl (C=O) groups is 1. The van der Waals surface area contributed by atoms with Gasteiger partial charge in [-0.25, -0.2) is 4.98 Å². The third-order valence-corrected chi connectivity index (χ3v) is 5.22. The van der Waals surface area contributed by atoms with Crippen LogP contribution in [0.5, 0.6) is 5.75 Å². The molecule has 27 heavy (non-hydrogen) atoms. The molecule has 1 aliphatic heterocycles. The molecule has 1 amide bonds. The van der Waals surface area contributed by atoms with Gasteiger partial charge in [0.2, 0.25) is 0 Å². The summed E-state index contributed by atoms with van der Waals surface area (Å²) >= 11 is 0. The van der Waals surface area contributed by atoms with Crippen molar-refractivity contribution in [2.24, 2.45) is 0 Å². The number of amides is 1. The standard InChI is InChI=1S/C21H21N3O2.BrH/c1-11-5-6-17(26-4)12(2)19(11)15-7-13-9-23-18(22)8-14(13)16-10-24(3)21(25)20(15)16;/h5-9H,10H2,1-4H3,(H2,22,23);1H. The molecule has 0 spiro atoms. The van der Waals surface area contributed by atoms with E-state index in [2.05, 4.69) is 11.9 Å². The van der Waals surface area contributed by atoms with Crippen molar-refractivity contribution in [1.82, 2.24) is 9.88 Å². The number of aryl methyl sites for hydroxylation is 1. The van der Waals surface area contributed by atoms with Crippen LogP contribution in [0, 0.1) is 13.8 Å². The van der Waals surface area contributed by atoms with E-state index in [0.29, 0.717) is 12.4 Å². The second-order valence-electron chi connectivity index (χ2n) is 6.85. The van der Waals surface area contributed by atoms with E-state index < -0.39 is 0 Å². The summed E-state index contributed by atoms with van der Waals surface area (Å²) in [5, 5.41) is 1.98. The second-order valence-corrected chi connectivity index (χ2v) is 6.85. The maximum absolute atomic E-state index is 12.9. The van der Waals surface area contributed by atoms with Crippen LogP contribution in [0.3, 0.4) is 0 Å². The van der Waals surface area contributed by atoms with Crippen molar-refractivity contribution >= 4 is 39.5 Å². The monoisotopic (exact) mass is 427 g/mol. The summed E-state index contributed by atoms with van der Waals surface area (Å²) in [6, 6.07) is 7.90. The number of rotatable bonds is 2. The molecule has 2 aromatic carbocycles. The summed E-state index contributed by atoms with van der Waals surface area (Å²) in [6.45, 7) is 4.66. The maximum atomic E-state index is 12.9. The average molecular weight is 428 g/mol. The van der Waals surface area contributed by atoms with Crippen LogP contribution >= 0.6 is 17.0 Å². The molecule has 5 nitrogen and oxygen atoms in total. The van der Waals surface area contributed by atoms with Crippen molar-refractivity contribution in [1.29, 1.82) is 0 Å². The minimum atomic E-state index is 0. The Morgan fingerprint density at radius 2 is 1.93 bits per heavy atom. The molecule has 1 aliphatic rings. The molecule has 0 atom stereocenters. The van der Waals surface area contributed by atoms with Crippen LogP contribution in [-0.2, 0) is 6.54 Å². The first kappa shape index (κ1) is 19.2. The SMILES string of the molecule is Br.COc1ccc(C)c(-c2cc3cnc(N)cc3c3c2C(=O)N(C)C3)c1C. The molecule has 3 aromatic rings. The van der Waals surface area contributed by atoms with Crippen molar-refractivity contribution in [2.75, 3.05) is 19.9 Å². The molecular weight excluding hydrogens is 406 g/mol. The Morgan fingerprint density at radius 1 is 1.19 bits per heavy atom. The molecule has 0 bridgehead atoms. The van der Waals surface area contributed by atoms with Crippen LogP contribution < -0.4 is 10.5 Å². The number of hydrogen-bond donors (Lipinski definition) is 1. The van der Waals surface area contributed by atoms with Crippen LogP contribution in [0.25, 0.3) is 21.9 Å². The van der Waals surface area contributed by atoms with E-state index in [-0.39, 0.29) is 22.9 Å². The lowest BCUT2D eigenvalue weighted by Gasteiger charge is -2.17. The molecule has 0 fully saturated rings. The Balaban J connectivity index is 0.00000210. The van der Waals surface area contributed by atoms with Crippen LogP contribution in [0.1, 0.15) is 27.0 Å². The fourth-order valence-corrected chi connectivity index (χ4v) is 3.95. The molecule has 1 aromatic heterocycles. The molecule has 0 aliphatic carbocycles. The van der Waals surface area contributed by atoms with E-state index in [0.717, 1.165) is 49.9 Å². The highest BCUT2D eigenvalue weighted by Gasteiger charge is 2.31. The van der Waals surface area contributed by atoms with Gasteiger partial charge in [0.15, 0.2) is 0 Å². The summed E-state index contributed by atoms with van der Waals surface area (Å²) in [5.74, 6) is 1.31. The van der Waals surface area contributed by atoms with E-state index in [9.17, 15) is 4.79 Å². The molecule has 0 unspecified atom stereocenters. The average Bonchev–Trinajstić information content (AvgIpc) is 2.91. The van der Waals surface area contributed by atoms with Gasteiger partial charge in [-0.15, -0.1) is 17.0 Å². The number of aromatic nitrogens is 1. The van der Waals surface area contributed by atoms with Crippen molar-refractivity contribution in [3.63, 3.8) is 0 Å². The van der Waals surface area contributed by atoms with Gasteiger partial charge >= 0.3 is 0 Å². The number of ether oxygens (including phenoxy) is 1. The number of pyridine rings is 1. The van der Waals surface area contributed by atoms with Crippen molar-refractivity contribution < 1.29 is 9.53 Å². The summed E-state index contributed by atoms with van der Waals surface area (Å²) in [5.41, 5.74) is 11.8. The zero-order valence-corrected chi connectivity index (χ0v) is 17.5. The molecule has 0 saturated carbocycles. The number of nitrogens with zero attached hydrogens (tertiary/aromatic N) is 2. The third-order valence-electron chi connectivity index (χ3n) is 5.22. The number of nitrogens with two attached hydrogens (primary N) is 1. The quantitative estimate of drug-likeness (QED) is 0.662. The summed E-state index contributed by atoms with van der Waals surface area (Å²) < 4.78 is 5.51. The fraction of sp³-hybridized carbons (Fsp3) is 0.238. The van der Waals surface area contributed by atoms with Gasteiger partial charge in [0, 0.05) is 25.2 Å². The number of halogens is 1. The normalized spacial score (nSPS) is 12.9. The van der Waals surface area contributed by atoms with E-state index in [1.54, 1.807) is 18.2 Å². The van der Waals surface area contributed by atoms with Gasteiger partial charge in [0.25, 0.3) is 5.91 Å². The van der Waals surface area contributed by atoms with E-state index in [1.807, 2.05) is 38.2 Å². The van der Waals surface area contributed by atoms with Crippen molar-refractivity contribution in [2.45, 2.75) is 20.4 Å². The molecule has 6 heteroatoms. The predicted molar refractivity (Wildman–Crippen MR) is 114 cm³/mol. The summed E-state index contributed by atoms with van der Waals surface area (Å²) in [4.78, 5) is 18.9. The van der Waals surface area contributed by atoms with E-state index >= 15 is 0 Å². The molecule has 140 valence electrons. The van der Waals surface area contributed by atoms with Gasteiger partial charge in [-0.05, 0) is 65.3 Å². The number of carbonyl (C=O) groups excluding carboxylic acids is 1. The number of anilines is 1. The molecule has 4 rings (SSSR count). The van der Waals surface area contributed by atoms with Gasteiger partial charge in [0.1, 0.15) is 11.6 Å². The number of methoxy groups -OCH3 is 1. The highest BCUT2D eigenvalue weighted by Crippen LogP contribution is 2.41. The number of benzene rings is 2. The molecular formula is C21H22BrN3O2. The Labute approximate surface area is 168 Å². The van der Waals surface area contributed by atoms with Crippen LogP contribution in [0.2, 0.25) is 0 Å². The minimum Gasteiger partial charge on any atom is -0.496 e. The van der Waals surface area contributed by atoms with Gasteiger partial charge in [-0.2, -0.15) is 0 Å². The Morgan fingerprint density at radius 3 is 2.63 bits per heavy atom. The topological polar surface area (TPSA) is 68.5 Å². The highest BCUT2D eigenvalue weighted by atomic mass is 79.9. The summed E-state index contributed by atoms with van der Waals surface area (Å²) in [6.07, 6.45) is 1.78. The maximum Gasteiger partial charge on any atom is 0.254 e. The predicted octanol–water partition coefficient (Wildman–Crippen LogP) is 4.27. The lowest BCUT2D eigenvalue weighted by Crippen LogP contribution is -2.18. The second kappa shape index (κ2) is 6.85. The van der Waals surface area contributed by atoms with Gasteiger partial charge in [-0.1, -0.05) is 6.07 Å². The van der Waals surface area contributed by atoms with E-state index in [1.165, 1.54) is 0 Å². The van der Waals surface area contributed by atoms with Crippen molar-refractivity contribution in [3.05, 3.63) is 52.7 Å². The number of hydrogen-bond acceptors (Lipinski definition) is 4. The van der Waals surface area contributed by atoms with Gasteiger partial charge in [-0.3, -0.25) is 4.79 Å². The Kier molecular flexibility index (Phi) is 4.86. The highest BCUT2D eigenvalue weighted by molar-refractivity contribution is 8.93. The first-order chi connectivity index (χ1) is 12.4. The van der Waals surface area contributed by atoms with Crippen LogP contribution in [0.4, 0.5) is 5.82 Å². The Hall–Kier alpha value is -2.60. The van der Waals surface area contributed by atoms with Gasteiger partial charge in [0.05, 0.1) is 12.7 Å². The number of nitrogen functional groups attached to an aromatic ring is 1. The fourth-order valence-electron chi connectivity index (χ4n) is 3.95. The zero-order valence-electron chi connectivity index (χ0n) is 15.8. The van der Waals surface area contributed by atoms with Gasteiger partial charge < -0.3 is 15.4 Å². The minimum absolute atomic E-state index is 0. The Bertz CT molecular complexity index is 1080. The number of fused-ring (bicyclic) bond motifs is 3. The lowest BCUT2D eigenvalue weighted by molar-refractivity contribution is 0.0817. The smallest absolute Gasteiger partial charge is 0.254 e. The molecule has 0 radical (unpaired) electrons. The third kappa shape index (κ3) is 2.84. The molecule has 2 N–H and O–H groups in total.